The summed E-state index contributed by atoms with van der Waals surface area (Å²) in [5.41, 5.74) is -0.305. The number of fused-ring (bicyclic) bond motifs is 1. The van der Waals surface area contributed by atoms with E-state index in [-0.39, 0.29) is 23.0 Å². The smallest absolute Gasteiger partial charge is 0.270 e. The van der Waals surface area contributed by atoms with Crippen molar-refractivity contribution in [2.75, 3.05) is 39.8 Å². The third kappa shape index (κ3) is 3.51. The number of nitrogens with zero attached hydrogens (tertiary/aromatic N) is 3. The number of carbonyl (C=O) groups is 1. The van der Waals surface area contributed by atoms with Crippen LogP contribution >= 0.6 is 0 Å². The molecule has 2 heterocycles. The molecule has 9 nitrogen and oxygen atoms in total. The SMILES string of the molecule is CN(CC(=O)N1C[C@H]2CNC[C@H]2C1)S(=O)(=O)c1cccc([N+](=O)[O-])c1. The van der Waals surface area contributed by atoms with Gasteiger partial charge in [-0.2, -0.15) is 4.31 Å². The maximum Gasteiger partial charge on any atom is 0.270 e. The van der Waals surface area contributed by atoms with Crippen LogP contribution in [0.3, 0.4) is 0 Å². The van der Waals surface area contributed by atoms with Gasteiger partial charge in [-0.1, -0.05) is 6.07 Å². The number of likely N-dealkylation sites (tertiary alicyclic amines) is 1. The molecule has 2 aliphatic rings. The number of hydrogen-bond donors (Lipinski definition) is 1. The van der Waals surface area contributed by atoms with Gasteiger partial charge in [-0.15, -0.1) is 0 Å². The van der Waals surface area contributed by atoms with E-state index in [1.54, 1.807) is 4.90 Å². The van der Waals surface area contributed by atoms with Gasteiger partial charge in [0.25, 0.3) is 5.69 Å². The van der Waals surface area contributed by atoms with Crippen molar-refractivity contribution in [1.82, 2.24) is 14.5 Å². The predicted octanol–water partition coefficient (Wildman–Crippen LogP) is -0.107. The molecule has 2 fully saturated rings. The van der Waals surface area contributed by atoms with Crippen molar-refractivity contribution in [2.45, 2.75) is 4.90 Å². The monoisotopic (exact) mass is 368 g/mol. The number of nitro groups is 1. The second kappa shape index (κ2) is 6.70. The van der Waals surface area contributed by atoms with Gasteiger partial charge < -0.3 is 10.2 Å². The standard InChI is InChI=1S/C15H20N4O5S/c1-17(10-15(20)18-8-11-6-16-7-12(11)9-18)25(23,24)14-4-2-3-13(5-14)19(21)22/h2-5,11-12,16H,6-10H2,1H3/t11-,12+. The number of rotatable bonds is 5. The summed E-state index contributed by atoms with van der Waals surface area (Å²) < 4.78 is 26.1. The van der Waals surface area contributed by atoms with Gasteiger partial charge in [0.2, 0.25) is 15.9 Å². The number of benzene rings is 1. The van der Waals surface area contributed by atoms with Crippen LogP contribution in [0.15, 0.2) is 29.2 Å². The number of carbonyl (C=O) groups excluding carboxylic acids is 1. The van der Waals surface area contributed by atoms with Crippen LogP contribution in [0.5, 0.6) is 0 Å². The summed E-state index contributed by atoms with van der Waals surface area (Å²) in [6.07, 6.45) is 0. The molecule has 1 aromatic carbocycles. The van der Waals surface area contributed by atoms with Gasteiger partial charge in [0.15, 0.2) is 0 Å². The Hall–Kier alpha value is -2.04. The zero-order chi connectivity index (χ0) is 18.2. The molecule has 25 heavy (non-hydrogen) atoms. The van der Waals surface area contributed by atoms with Crippen molar-refractivity contribution >= 4 is 21.6 Å². The number of amides is 1. The molecule has 0 saturated carbocycles. The Labute approximate surface area is 145 Å². The Bertz CT molecular complexity index is 785. The second-order valence-electron chi connectivity index (χ2n) is 6.49. The molecule has 0 radical (unpaired) electrons. The maximum absolute atomic E-state index is 12.6. The Morgan fingerprint density at radius 2 is 2.00 bits per heavy atom. The molecule has 2 atom stereocenters. The van der Waals surface area contributed by atoms with Gasteiger partial charge in [0.1, 0.15) is 0 Å². The first-order valence-electron chi connectivity index (χ1n) is 7.98. The number of non-ortho nitro benzene ring substituents is 1. The highest BCUT2D eigenvalue weighted by Gasteiger charge is 2.38. The molecule has 0 aliphatic carbocycles. The van der Waals surface area contributed by atoms with Gasteiger partial charge in [-0.05, 0) is 17.9 Å². The summed E-state index contributed by atoms with van der Waals surface area (Å²) in [5.74, 6) is 0.621. The summed E-state index contributed by atoms with van der Waals surface area (Å²) in [6, 6.07) is 4.83. The van der Waals surface area contributed by atoms with E-state index in [4.69, 9.17) is 0 Å². The molecule has 0 aromatic heterocycles. The quantitative estimate of drug-likeness (QED) is 0.573. The van der Waals surface area contributed by atoms with Crippen molar-refractivity contribution in [3.63, 3.8) is 0 Å². The predicted molar refractivity (Wildman–Crippen MR) is 89.3 cm³/mol. The fraction of sp³-hybridized carbons (Fsp3) is 0.533. The molecule has 1 aromatic rings. The molecular weight excluding hydrogens is 348 g/mol. The van der Waals surface area contributed by atoms with Crippen LogP contribution in [-0.4, -0.2) is 68.2 Å². The Kier molecular flexibility index (Phi) is 4.76. The van der Waals surface area contributed by atoms with Gasteiger partial charge in [-0.3, -0.25) is 14.9 Å². The minimum atomic E-state index is -3.97. The largest absolute Gasteiger partial charge is 0.341 e. The van der Waals surface area contributed by atoms with Crippen LogP contribution < -0.4 is 5.32 Å². The Morgan fingerprint density at radius 1 is 1.36 bits per heavy atom. The zero-order valence-electron chi connectivity index (χ0n) is 13.8. The molecule has 1 amide bonds. The maximum atomic E-state index is 12.6. The van der Waals surface area contributed by atoms with E-state index in [9.17, 15) is 23.3 Å². The number of nitrogens with one attached hydrogen (secondary N) is 1. The van der Waals surface area contributed by atoms with Gasteiger partial charge in [0, 0.05) is 45.4 Å². The fourth-order valence-corrected chi connectivity index (χ4v) is 4.53. The Morgan fingerprint density at radius 3 is 2.60 bits per heavy atom. The van der Waals surface area contributed by atoms with Crippen molar-refractivity contribution in [1.29, 1.82) is 0 Å². The highest BCUT2D eigenvalue weighted by atomic mass is 32.2. The molecule has 136 valence electrons. The topological polar surface area (TPSA) is 113 Å². The summed E-state index contributed by atoms with van der Waals surface area (Å²) in [6.45, 7) is 2.77. The zero-order valence-corrected chi connectivity index (χ0v) is 14.6. The minimum absolute atomic E-state index is 0.195. The number of sulfonamides is 1. The van der Waals surface area contributed by atoms with E-state index in [2.05, 4.69) is 5.32 Å². The van der Waals surface area contributed by atoms with Crippen LogP contribution in [0.1, 0.15) is 0 Å². The number of likely N-dealkylation sites (N-methyl/N-ethyl adjacent to an activating group) is 1. The van der Waals surface area contributed by atoms with E-state index >= 15 is 0 Å². The first-order chi connectivity index (χ1) is 11.8. The highest BCUT2D eigenvalue weighted by Crippen LogP contribution is 2.26. The lowest BCUT2D eigenvalue weighted by Gasteiger charge is -2.22. The molecule has 2 saturated heterocycles. The van der Waals surface area contributed by atoms with E-state index in [0.717, 1.165) is 23.5 Å². The van der Waals surface area contributed by atoms with Crippen LogP contribution in [-0.2, 0) is 14.8 Å². The van der Waals surface area contributed by atoms with Gasteiger partial charge >= 0.3 is 0 Å². The summed E-state index contributed by atoms with van der Waals surface area (Å²) in [4.78, 5) is 24.1. The summed E-state index contributed by atoms with van der Waals surface area (Å²) in [5, 5.41) is 14.1. The van der Waals surface area contributed by atoms with E-state index in [1.165, 1.54) is 25.2 Å². The highest BCUT2D eigenvalue weighted by molar-refractivity contribution is 7.89. The van der Waals surface area contributed by atoms with Crippen molar-refractivity contribution in [3.8, 4) is 0 Å². The molecule has 0 bridgehead atoms. The van der Waals surface area contributed by atoms with E-state index in [1.807, 2.05) is 0 Å². The lowest BCUT2D eigenvalue weighted by atomic mass is 10.0. The van der Waals surface area contributed by atoms with E-state index in [0.29, 0.717) is 24.9 Å². The number of nitro benzene ring substituents is 1. The van der Waals surface area contributed by atoms with Crippen molar-refractivity contribution < 1.29 is 18.1 Å². The first kappa shape index (κ1) is 17.8. The molecule has 2 aliphatic heterocycles. The van der Waals surface area contributed by atoms with E-state index < -0.39 is 14.9 Å². The first-order valence-corrected chi connectivity index (χ1v) is 9.42. The molecular formula is C15H20N4O5S. The van der Waals surface area contributed by atoms with Crippen molar-refractivity contribution in [2.24, 2.45) is 11.8 Å². The molecule has 10 heteroatoms. The Balaban J connectivity index is 1.69. The lowest BCUT2D eigenvalue weighted by Crippen LogP contribution is -2.41. The van der Waals surface area contributed by atoms with Crippen molar-refractivity contribution in [3.05, 3.63) is 34.4 Å². The van der Waals surface area contributed by atoms with Crippen LogP contribution in [0.2, 0.25) is 0 Å². The molecule has 0 unspecified atom stereocenters. The third-order valence-electron chi connectivity index (χ3n) is 4.84. The van der Waals surface area contributed by atoms with Gasteiger partial charge in [0.05, 0.1) is 16.4 Å². The second-order valence-corrected chi connectivity index (χ2v) is 8.54. The van der Waals surface area contributed by atoms with Crippen LogP contribution in [0.4, 0.5) is 5.69 Å². The summed E-state index contributed by atoms with van der Waals surface area (Å²) >= 11 is 0. The average Bonchev–Trinajstić information content (AvgIpc) is 3.16. The fourth-order valence-electron chi connectivity index (χ4n) is 3.37. The minimum Gasteiger partial charge on any atom is -0.341 e. The molecule has 1 N–H and O–H groups in total. The van der Waals surface area contributed by atoms with Gasteiger partial charge in [-0.25, -0.2) is 8.42 Å². The van der Waals surface area contributed by atoms with Crippen LogP contribution in [0, 0.1) is 22.0 Å². The molecule has 0 spiro atoms. The lowest BCUT2D eigenvalue weighted by molar-refractivity contribution is -0.385. The van der Waals surface area contributed by atoms with Crippen LogP contribution in [0.25, 0.3) is 0 Å². The normalized spacial score (nSPS) is 23.0. The molecule has 3 rings (SSSR count). The average molecular weight is 368 g/mol. The number of hydrogen-bond acceptors (Lipinski definition) is 6. The third-order valence-corrected chi connectivity index (χ3v) is 6.64. The summed E-state index contributed by atoms with van der Waals surface area (Å²) in [7, 11) is -2.66.